The van der Waals surface area contributed by atoms with Crippen molar-refractivity contribution in [3.63, 3.8) is 0 Å². The Kier molecular flexibility index (Phi) is 2.89. The Balaban J connectivity index is 1.86. The number of nitrogens with two attached hydrogens (primary N) is 1. The first-order valence-corrected chi connectivity index (χ1v) is 6.40. The number of fused-ring (bicyclic) bond motifs is 1. The van der Waals surface area contributed by atoms with Gasteiger partial charge in [0.1, 0.15) is 5.82 Å². The second-order valence-corrected chi connectivity index (χ2v) is 4.98. The molecule has 92 valence electrons. The van der Waals surface area contributed by atoms with Crippen LogP contribution < -0.4 is 10.6 Å². The molecular weight excluding hydrogens is 214 g/mol. The van der Waals surface area contributed by atoms with Crippen molar-refractivity contribution in [2.24, 2.45) is 5.92 Å². The van der Waals surface area contributed by atoms with E-state index < -0.39 is 0 Å². The SMILES string of the molecule is Nc1ccc(N2CCOC[C@H]3CCC[C@H]32)nc1. The molecule has 0 unspecified atom stereocenters. The van der Waals surface area contributed by atoms with E-state index in [2.05, 4.69) is 9.88 Å². The van der Waals surface area contributed by atoms with Crippen LogP contribution in [0.3, 0.4) is 0 Å². The monoisotopic (exact) mass is 233 g/mol. The standard InChI is InChI=1S/C13H19N3O/c14-11-4-5-13(15-8-11)16-6-7-17-9-10-2-1-3-12(10)16/h4-5,8,10,12H,1-3,6-7,9,14H2/t10-,12-/m1/s1. The summed E-state index contributed by atoms with van der Waals surface area (Å²) in [5, 5.41) is 0. The van der Waals surface area contributed by atoms with Crippen LogP contribution in [0.5, 0.6) is 0 Å². The van der Waals surface area contributed by atoms with Gasteiger partial charge < -0.3 is 15.4 Å². The molecule has 1 aromatic rings. The van der Waals surface area contributed by atoms with Crippen LogP contribution in [-0.4, -0.2) is 30.8 Å². The normalized spacial score (nSPS) is 28.8. The molecule has 1 aliphatic heterocycles. The highest BCUT2D eigenvalue weighted by Crippen LogP contribution is 2.33. The molecule has 2 aliphatic rings. The van der Waals surface area contributed by atoms with E-state index in [1.807, 2.05) is 12.1 Å². The third kappa shape index (κ3) is 2.09. The Morgan fingerprint density at radius 2 is 2.29 bits per heavy atom. The van der Waals surface area contributed by atoms with Gasteiger partial charge in [-0.2, -0.15) is 0 Å². The van der Waals surface area contributed by atoms with Crippen LogP contribution >= 0.6 is 0 Å². The second kappa shape index (κ2) is 4.53. The number of rotatable bonds is 1. The molecule has 0 aromatic carbocycles. The van der Waals surface area contributed by atoms with Crippen molar-refractivity contribution in [3.8, 4) is 0 Å². The smallest absolute Gasteiger partial charge is 0.128 e. The minimum atomic E-state index is 0.605. The molecule has 2 fully saturated rings. The molecule has 1 saturated heterocycles. The van der Waals surface area contributed by atoms with Gasteiger partial charge >= 0.3 is 0 Å². The number of anilines is 2. The Labute approximate surface area is 102 Å². The Bertz CT molecular complexity index is 379. The first kappa shape index (κ1) is 10.8. The number of ether oxygens (including phenoxy) is 1. The van der Waals surface area contributed by atoms with E-state index in [1.54, 1.807) is 6.20 Å². The van der Waals surface area contributed by atoms with Crippen LogP contribution in [0.15, 0.2) is 18.3 Å². The van der Waals surface area contributed by atoms with E-state index in [-0.39, 0.29) is 0 Å². The summed E-state index contributed by atoms with van der Waals surface area (Å²) in [5.74, 6) is 1.72. The summed E-state index contributed by atoms with van der Waals surface area (Å²) < 4.78 is 5.69. The maximum Gasteiger partial charge on any atom is 0.128 e. The van der Waals surface area contributed by atoms with Gasteiger partial charge in [0.05, 0.1) is 25.1 Å². The number of aromatic nitrogens is 1. The minimum Gasteiger partial charge on any atom is -0.397 e. The molecule has 0 spiro atoms. The molecule has 1 aliphatic carbocycles. The molecular formula is C13H19N3O. The largest absolute Gasteiger partial charge is 0.397 e. The lowest BCUT2D eigenvalue weighted by Gasteiger charge is -2.30. The van der Waals surface area contributed by atoms with Gasteiger partial charge in [0.2, 0.25) is 0 Å². The number of nitrogen functional groups attached to an aromatic ring is 1. The lowest BCUT2D eigenvalue weighted by Crippen LogP contribution is -2.38. The molecule has 4 heteroatoms. The summed E-state index contributed by atoms with van der Waals surface area (Å²) in [6.45, 7) is 2.66. The third-order valence-electron chi connectivity index (χ3n) is 3.89. The highest BCUT2D eigenvalue weighted by Gasteiger charge is 2.34. The average Bonchev–Trinajstić information content (AvgIpc) is 2.71. The van der Waals surface area contributed by atoms with E-state index in [1.165, 1.54) is 19.3 Å². The summed E-state index contributed by atoms with van der Waals surface area (Å²) in [6, 6.07) is 4.56. The van der Waals surface area contributed by atoms with Crippen molar-refractivity contribution in [1.29, 1.82) is 0 Å². The van der Waals surface area contributed by atoms with Gasteiger partial charge in [-0.15, -0.1) is 0 Å². The zero-order valence-corrected chi connectivity index (χ0v) is 10.0. The lowest BCUT2D eigenvalue weighted by atomic mass is 10.0. The maximum atomic E-state index is 5.69. The van der Waals surface area contributed by atoms with Gasteiger partial charge in [0.25, 0.3) is 0 Å². The van der Waals surface area contributed by atoms with Gasteiger partial charge in [-0.3, -0.25) is 0 Å². The van der Waals surface area contributed by atoms with Crippen molar-refractivity contribution < 1.29 is 4.74 Å². The van der Waals surface area contributed by atoms with Crippen LogP contribution in [0.4, 0.5) is 11.5 Å². The lowest BCUT2D eigenvalue weighted by molar-refractivity contribution is 0.121. The number of hydrogen-bond acceptors (Lipinski definition) is 4. The van der Waals surface area contributed by atoms with E-state index in [9.17, 15) is 0 Å². The van der Waals surface area contributed by atoms with Crippen LogP contribution in [0.1, 0.15) is 19.3 Å². The summed E-state index contributed by atoms with van der Waals surface area (Å²) in [4.78, 5) is 6.86. The van der Waals surface area contributed by atoms with E-state index in [0.29, 0.717) is 12.0 Å². The van der Waals surface area contributed by atoms with Crippen LogP contribution in [0.25, 0.3) is 0 Å². The van der Waals surface area contributed by atoms with Crippen molar-refractivity contribution in [2.45, 2.75) is 25.3 Å². The zero-order chi connectivity index (χ0) is 11.7. The van der Waals surface area contributed by atoms with Gasteiger partial charge in [-0.05, 0) is 25.0 Å². The first-order chi connectivity index (χ1) is 8.34. The van der Waals surface area contributed by atoms with E-state index in [4.69, 9.17) is 10.5 Å². The van der Waals surface area contributed by atoms with Crippen LogP contribution in [-0.2, 0) is 4.74 Å². The summed E-state index contributed by atoms with van der Waals surface area (Å²) in [6.07, 6.45) is 5.60. The van der Waals surface area contributed by atoms with Crippen molar-refractivity contribution in [1.82, 2.24) is 4.98 Å². The first-order valence-electron chi connectivity index (χ1n) is 6.40. The molecule has 1 saturated carbocycles. The predicted octanol–water partition coefficient (Wildman–Crippen LogP) is 1.67. The highest BCUT2D eigenvalue weighted by molar-refractivity contribution is 5.47. The minimum absolute atomic E-state index is 0.605. The van der Waals surface area contributed by atoms with E-state index in [0.717, 1.165) is 31.3 Å². The molecule has 2 heterocycles. The number of pyridine rings is 1. The fourth-order valence-electron chi connectivity index (χ4n) is 3.04. The number of nitrogens with zero attached hydrogens (tertiary/aromatic N) is 2. The highest BCUT2D eigenvalue weighted by atomic mass is 16.5. The molecule has 17 heavy (non-hydrogen) atoms. The molecule has 0 radical (unpaired) electrons. The quantitative estimate of drug-likeness (QED) is 0.801. The van der Waals surface area contributed by atoms with Gasteiger partial charge in [0, 0.05) is 18.5 Å². The third-order valence-corrected chi connectivity index (χ3v) is 3.89. The van der Waals surface area contributed by atoms with Crippen LogP contribution in [0.2, 0.25) is 0 Å². The fourth-order valence-corrected chi connectivity index (χ4v) is 3.04. The average molecular weight is 233 g/mol. The molecule has 0 amide bonds. The second-order valence-electron chi connectivity index (χ2n) is 4.98. The zero-order valence-electron chi connectivity index (χ0n) is 10.0. The van der Waals surface area contributed by atoms with Gasteiger partial charge in [0.15, 0.2) is 0 Å². The van der Waals surface area contributed by atoms with Crippen molar-refractivity contribution >= 4 is 11.5 Å². The van der Waals surface area contributed by atoms with Crippen molar-refractivity contribution in [3.05, 3.63) is 18.3 Å². The van der Waals surface area contributed by atoms with E-state index >= 15 is 0 Å². The fraction of sp³-hybridized carbons (Fsp3) is 0.615. The Morgan fingerprint density at radius 1 is 1.35 bits per heavy atom. The predicted molar refractivity (Wildman–Crippen MR) is 67.9 cm³/mol. The molecule has 2 atom stereocenters. The molecule has 3 rings (SSSR count). The summed E-state index contributed by atoms with van der Waals surface area (Å²) in [7, 11) is 0. The summed E-state index contributed by atoms with van der Waals surface area (Å²) >= 11 is 0. The number of hydrogen-bond donors (Lipinski definition) is 1. The molecule has 1 aromatic heterocycles. The topological polar surface area (TPSA) is 51.4 Å². The molecule has 0 bridgehead atoms. The maximum absolute atomic E-state index is 5.69. The van der Waals surface area contributed by atoms with Crippen molar-refractivity contribution in [2.75, 3.05) is 30.4 Å². The molecule has 4 nitrogen and oxygen atoms in total. The van der Waals surface area contributed by atoms with Gasteiger partial charge in [-0.1, -0.05) is 6.42 Å². The van der Waals surface area contributed by atoms with Gasteiger partial charge in [-0.25, -0.2) is 4.98 Å². The Morgan fingerprint density at radius 3 is 3.12 bits per heavy atom. The van der Waals surface area contributed by atoms with Crippen LogP contribution in [0, 0.1) is 5.92 Å². The summed E-state index contributed by atoms with van der Waals surface area (Å²) in [5.41, 5.74) is 6.41. The molecule has 2 N–H and O–H groups in total. The Hall–Kier alpha value is -1.29.